The van der Waals surface area contributed by atoms with Gasteiger partial charge in [-0.1, -0.05) is 30.3 Å². The minimum atomic E-state index is -0.572. The first-order chi connectivity index (χ1) is 11.5. The van der Waals surface area contributed by atoms with Crippen LogP contribution in [-0.2, 0) is 9.53 Å². The number of benzene rings is 1. The summed E-state index contributed by atoms with van der Waals surface area (Å²) in [4.78, 5) is 12.6. The van der Waals surface area contributed by atoms with Crippen LogP contribution in [0.15, 0.2) is 30.3 Å². The fourth-order valence-corrected chi connectivity index (χ4v) is 4.82. The largest absolute Gasteiger partial charge is 0.461 e. The van der Waals surface area contributed by atoms with Crippen LogP contribution in [0.1, 0.15) is 51.0 Å². The van der Waals surface area contributed by atoms with E-state index in [1.807, 2.05) is 30.3 Å². The van der Waals surface area contributed by atoms with Gasteiger partial charge in [0.25, 0.3) is 0 Å². The Kier molecular flexibility index (Phi) is 4.97. The first kappa shape index (κ1) is 17.4. The van der Waals surface area contributed by atoms with Crippen molar-refractivity contribution >= 4 is 5.97 Å². The zero-order valence-corrected chi connectivity index (χ0v) is 15.0. The van der Waals surface area contributed by atoms with Gasteiger partial charge in [0.05, 0.1) is 31.8 Å². The molecule has 4 nitrogen and oxygen atoms in total. The summed E-state index contributed by atoms with van der Waals surface area (Å²) in [5.41, 5.74) is 0.826. The molecule has 2 saturated heterocycles. The monoisotopic (exact) mass is 332 g/mol. The van der Waals surface area contributed by atoms with Crippen molar-refractivity contribution in [1.82, 2.24) is 0 Å². The summed E-state index contributed by atoms with van der Waals surface area (Å²) in [5, 5.41) is 9.65. The molecule has 132 valence electrons. The van der Waals surface area contributed by atoms with Gasteiger partial charge < -0.3 is 14.3 Å². The molecule has 0 radical (unpaired) electrons. The third-order valence-corrected chi connectivity index (χ3v) is 6.54. The number of piperidine rings is 1. The molecule has 0 aliphatic carbocycles. The number of esters is 1. The van der Waals surface area contributed by atoms with Crippen molar-refractivity contribution in [3.05, 3.63) is 35.9 Å². The zero-order chi connectivity index (χ0) is 17.3. The SMILES string of the molecule is CC(C)[N@@+]1(C)C2CC[C@@H]1C[C@@H](OC(=O)C(CO)c1ccccc1)C2. The van der Waals surface area contributed by atoms with Gasteiger partial charge >= 0.3 is 5.97 Å². The minimum Gasteiger partial charge on any atom is -0.461 e. The van der Waals surface area contributed by atoms with Crippen LogP contribution in [0, 0.1) is 0 Å². The van der Waals surface area contributed by atoms with Gasteiger partial charge in [-0.05, 0) is 19.4 Å². The molecule has 2 heterocycles. The Labute approximate surface area is 145 Å². The number of aliphatic hydroxyl groups excluding tert-OH is 1. The van der Waals surface area contributed by atoms with Crippen molar-refractivity contribution in [3.63, 3.8) is 0 Å². The number of aliphatic hydroxyl groups is 1. The van der Waals surface area contributed by atoms with Gasteiger partial charge in [-0.3, -0.25) is 4.79 Å². The van der Waals surface area contributed by atoms with E-state index < -0.39 is 5.92 Å². The highest BCUT2D eigenvalue weighted by atomic mass is 16.5. The molecule has 2 unspecified atom stereocenters. The number of fused-ring (bicyclic) bond motifs is 2. The van der Waals surface area contributed by atoms with E-state index in [9.17, 15) is 9.90 Å². The zero-order valence-electron chi connectivity index (χ0n) is 15.0. The molecule has 2 fully saturated rings. The Morgan fingerprint density at radius 3 is 2.29 bits per heavy atom. The maximum Gasteiger partial charge on any atom is 0.316 e. The smallest absolute Gasteiger partial charge is 0.316 e. The summed E-state index contributed by atoms with van der Waals surface area (Å²) < 4.78 is 6.96. The maximum absolute atomic E-state index is 12.6. The predicted octanol–water partition coefficient (Wildman–Crippen LogP) is 2.85. The predicted molar refractivity (Wildman–Crippen MR) is 93.5 cm³/mol. The first-order valence-corrected chi connectivity index (χ1v) is 9.18. The average molecular weight is 332 g/mol. The van der Waals surface area contributed by atoms with Crippen molar-refractivity contribution in [1.29, 1.82) is 0 Å². The Morgan fingerprint density at radius 1 is 1.21 bits per heavy atom. The quantitative estimate of drug-likeness (QED) is 0.666. The van der Waals surface area contributed by atoms with E-state index in [1.54, 1.807) is 0 Å². The molecule has 2 aliphatic heterocycles. The summed E-state index contributed by atoms with van der Waals surface area (Å²) in [6.07, 6.45) is 4.36. The number of hydrogen-bond donors (Lipinski definition) is 1. The molecule has 1 aromatic rings. The van der Waals surface area contributed by atoms with E-state index in [-0.39, 0.29) is 18.7 Å². The molecule has 1 aromatic carbocycles. The molecule has 3 rings (SSSR count). The normalized spacial score (nSPS) is 33.5. The van der Waals surface area contributed by atoms with E-state index in [0.29, 0.717) is 18.1 Å². The molecule has 0 amide bonds. The number of nitrogens with zero attached hydrogens (tertiary/aromatic N) is 1. The van der Waals surface area contributed by atoms with Crippen LogP contribution in [0.2, 0.25) is 0 Å². The summed E-state index contributed by atoms with van der Waals surface area (Å²) in [5.74, 6) is -0.856. The van der Waals surface area contributed by atoms with Gasteiger partial charge in [-0.2, -0.15) is 0 Å². The fraction of sp³-hybridized carbons (Fsp3) is 0.650. The van der Waals surface area contributed by atoms with Crippen LogP contribution in [-0.4, -0.2) is 53.4 Å². The molecule has 0 spiro atoms. The molecule has 0 aromatic heterocycles. The molecule has 2 aliphatic rings. The van der Waals surface area contributed by atoms with Gasteiger partial charge in [-0.25, -0.2) is 0 Å². The number of rotatable bonds is 5. The number of carbonyl (C=O) groups is 1. The lowest BCUT2D eigenvalue weighted by atomic mass is 9.94. The Hall–Kier alpha value is -1.39. The Morgan fingerprint density at radius 2 is 1.79 bits per heavy atom. The van der Waals surface area contributed by atoms with E-state index in [0.717, 1.165) is 22.9 Å². The summed E-state index contributed by atoms with van der Waals surface area (Å²) in [7, 11) is 2.37. The molecule has 0 saturated carbocycles. The van der Waals surface area contributed by atoms with Crippen LogP contribution in [0.5, 0.6) is 0 Å². The van der Waals surface area contributed by atoms with E-state index in [1.165, 1.54) is 12.8 Å². The molecular weight excluding hydrogens is 302 g/mol. The van der Waals surface area contributed by atoms with Gasteiger partial charge in [0.2, 0.25) is 0 Å². The fourth-order valence-electron chi connectivity index (χ4n) is 4.82. The molecule has 5 atom stereocenters. The lowest BCUT2D eigenvalue weighted by Crippen LogP contribution is -2.62. The highest BCUT2D eigenvalue weighted by Gasteiger charge is 2.53. The highest BCUT2D eigenvalue weighted by Crippen LogP contribution is 2.44. The third-order valence-electron chi connectivity index (χ3n) is 6.54. The average Bonchev–Trinajstić information content (AvgIpc) is 2.74. The van der Waals surface area contributed by atoms with Crippen molar-refractivity contribution in [3.8, 4) is 0 Å². The van der Waals surface area contributed by atoms with E-state index >= 15 is 0 Å². The van der Waals surface area contributed by atoms with Gasteiger partial charge in [-0.15, -0.1) is 0 Å². The second kappa shape index (κ2) is 6.85. The second-order valence-corrected chi connectivity index (χ2v) is 7.88. The van der Waals surface area contributed by atoms with Crippen molar-refractivity contribution in [2.75, 3.05) is 13.7 Å². The topological polar surface area (TPSA) is 46.5 Å². The Bertz CT molecular complexity index is 558. The van der Waals surface area contributed by atoms with Gasteiger partial charge in [0.15, 0.2) is 0 Å². The molecule has 1 N–H and O–H groups in total. The van der Waals surface area contributed by atoms with Gasteiger partial charge in [0.1, 0.15) is 12.0 Å². The number of carbonyl (C=O) groups excluding carboxylic acids is 1. The lowest BCUT2D eigenvalue weighted by molar-refractivity contribution is -0.968. The van der Waals surface area contributed by atoms with Gasteiger partial charge in [0, 0.05) is 25.7 Å². The standard InChI is InChI=1S/C20H30NO3/c1-14(2)21(3)16-9-10-17(21)12-18(11-16)24-20(23)19(13-22)15-7-5-4-6-8-15/h4-8,14,16-19,22H,9-13H2,1-3H3/q+1/t16-,17?,18-,19?,21-/m1/s1. The highest BCUT2D eigenvalue weighted by molar-refractivity contribution is 5.78. The lowest BCUT2D eigenvalue weighted by Gasteiger charge is -2.49. The minimum absolute atomic E-state index is 0.00212. The summed E-state index contributed by atoms with van der Waals surface area (Å²) in [6.45, 7) is 4.39. The van der Waals surface area contributed by atoms with Crippen LogP contribution in [0.4, 0.5) is 0 Å². The summed E-state index contributed by atoms with van der Waals surface area (Å²) in [6, 6.07) is 11.2. The number of ether oxygens (including phenoxy) is 1. The van der Waals surface area contributed by atoms with Crippen LogP contribution in [0.25, 0.3) is 0 Å². The molecule has 4 heteroatoms. The molecular formula is C20H30NO3+. The van der Waals surface area contributed by atoms with Crippen LogP contribution >= 0.6 is 0 Å². The number of quaternary nitrogens is 1. The van der Waals surface area contributed by atoms with E-state index in [4.69, 9.17) is 4.74 Å². The first-order valence-electron chi connectivity index (χ1n) is 9.18. The summed E-state index contributed by atoms with van der Waals surface area (Å²) >= 11 is 0. The van der Waals surface area contributed by atoms with Crippen molar-refractivity contribution in [2.24, 2.45) is 0 Å². The number of hydrogen-bond acceptors (Lipinski definition) is 3. The molecule has 2 bridgehead atoms. The van der Waals surface area contributed by atoms with Crippen molar-refractivity contribution < 1.29 is 19.1 Å². The van der Waals surface area contributed by atoms with Crippen LogP contribution in [0.3, 0.4) is 0 Å². The third kappa shape index (κ3) is 2.98. The van der Waals surface area contributed by atoms with Crippen molar-refractivity contribution in [2.45, 2.75) is 69.7 Å². The maximum atomic E-state index is 12.6. The second-order valence-electron chi connectivity index (χ2n) is 7.88. The van der Waals surface area contributed by atoms with Crippen LogP contribution < -0.4 is 0 Å². The molecule has 24 heavy (non-hydrogen) atoms. The Balaban J connectivity index is 1.66. The van der Waals surface area contributed by atoms with E-state index in [2.05, 4.69) is 20.9 Å².